The van der Waals surface area contributed by atoms with Crippen LogP contribution >= 0.6 is 11.5 Å². The molecule has 5 nitrogen and oxygen atoms in total. The molecule has 136 valence electrons. The topological polar surface area (TPSA) is 63.2 Å². The lowest BCUT2D eigenvalue weighted by molar-refractivity contribution is 0.0955. The molecule has 0 bridgehead atoms. The zero-order chi connectivity index (χ0) is 18.2. The van der Waals surface area contributed by atoms with Gasteiger partial charge in [-0.1, -0.05) is 25.5 Å². The molecule has 6 heteroatoms. The maximum absolute atomic E-state index is 12.2. The van der Waals surface area contributed by atoms with E-state index in [1.54, 1.807) is 12.1 Å². The number of anilines is 1. The quantitative estimate of drug-likeness (QED) is 0.552. The minimum atomic E-state index is -0.0879. The highest BCUT2D eigenvalue weighted by Gasteiger charge is 2.07. The molecule has 3 aromatic rings. The van der Waals surface area contributed by atoms with Gasteiger partial charge in [0.2, 0.25) is 0 Å². The van der Waals surface area contributed by atoms with Crippen molar-refractivity contribution in [1.29, 1.82) is 0 Å². The van der Waals surface area contributed by atoms with Crippen LogP contribution in [0.2, 0.25) is 0 Å². The third kappa shape index (κ3) is 4.73. The predicted molar refractivity (Wildman–Crippen MR) is 107 cm³/mol. The number of rotatable bonds is 9. The van der Waals surface area contributed by atoms with Crippen LogP contribution in [-0.4, -0.2) is 30.0 Å². The number of unbranched alkanes of at least 4 members (excludes halogenated alkanes) is 1. The first kappa shape index (κ1) is 18.2. The number of nitrogens with one attached hydrogen (secondary N) is 2. The monoisotopic (exact) mass is 369 g/mol. The van der Waals surface area contributed by atoms with Crippen LogP contribution in [0.1, 0.15) is 30.1 Å². The Kier molecular flexibility index (Phi) is 6.44. The number of nitrogens with zero attached hydrogens (tertiary/aromatic N) is 1. The lowest BCUT2D eigenvalue weighted by Crippen LogP contribution is -2.28. The van der Waals surface area contributed by atoms with Crippen LogP contribution in [0.15, 0.2) is 48.5 Å². The summed E-state index contributed by atoms with van der Waals surface area (Å²) in [6.45, 7) is 3.98. The molecule has 0 radical (unpaired) electrons. The van der Waals surface area contributed by atoms with Gasteiger partial charge in [-0.25, -0.2) is 0 Å². The Morgan fingerprint density at radius 1 is 1.12 bits per heavy atom. The number of carbonyl (C=O) groups excluding carboxylic acids is 1. The maximum atomic E-state index is 12.2. The summed E-state index contributed by atoms with van der Waals surface area (Å²) in [7, 11) is 0. The van der Waals surface area contributed by atoms with Gasteiger partial charge in [-0.15, -0.1) is 0 Å². The van der Waals surface area contributed by atoms with E-state index in [0.717, 1.165) is 34.5 Å². The Bertz CT molecular complexity index is 846. The van der Waals surface area contributed by atoms with E-state index < -0.39 is 0 Å². The fourth-order valence-electron chi connectivity index (χ4n) is 2.51. The Balaban J connectivity index is 1.44. The summed E-state index contributed by atoms with van der Waals surface area (Å²) in [5.41, 5.74) is 0.631. The molecule has 0 spiro atoms. The summed E-state index contributed by atoms with van der Waals surface area (Å²) in [6, 6.07) is 15.4. The van der Waals surface area contributed by atoms with Gasteiger partial charge in [-0.05, 0) is 54.4 Å². The molecule has 2 aromatic carbocycles. The standard InChI is InChI=1S/C20H23N3O2S/c1-2-3-14-25-16-10-8-15(9-11-16)20(24)22-13-12-21-19-17-6-4-5-7-18(17)26-23-19/h4-11H,2-3,12-14H2,1H3,(H,21,23)(H,22,24). The van der Waals surface area contributed by atoms with Crippen LogP contribution in [0.4, 0.5) is 5.82 Å². The SMILES string of the molecule is CCCCOc1ccc(C(=O)NCCNc2nsc3ccccc23)cc1. The molecule has 0 aliphatic rings. The van der Waals surface area contributed by atoms with Gasteiger partial charge >= 0.3 is 0 Å². The zero-order valence-electron chi connectivity index (χ0n) is 14.8. The second-order valence-electron chi connectivity index (χ2n) is 5.94. The predicted octanol–water partition coefficient (Wildman–Crippen LogP) is 4.32. The molecule has 0 saturated heterocycles. The zero-order valence-corrected chi connectivity index (χ0v) is 15.6. The minimum Gasteiger partial charge on any atom is -0.494 e. The second kappa shape index (κ2) is 9.20. The summed E-state index contributed by atoms with van der Waals surface area (Å²) in [4.78, 5) is 12.2. The van der Waals surface area contributed by atoms with Gasteiger partial charge in [-0.2, -0.15) is 4.37 Å². The molecule has 1 heterocycles. The van der Waals surface area contributed by atoms with Crippen LogP contribution in [0.25, 0.3) is 10.1 Å². The first-order valence-corrected chi connectivity index (χ1v) is 9.64. The van der Waals surface area contributed by atoms with Crippen molar-refractivity contribution >= 4 is 33.3 Å². The minimum absolute atomic E-state index is 0.0879. The number of carbonyl (C=O) groups is 1. The summed E-state index contributed by atoms with van der Waals surface area (Å²) in [5.74, 6) is 1.58. The van der Waals surface area contributed by atoms with Crippen molar-refractivity contribution in [3.63, 3.8) is 0 Å². The summed E-state index contributed by atoms with van der Waals surface area (Å²) >= 11 is 1.47. The highest BCUT2D eigenvalue weighted by atomic mass is 32.1. The van der Waals surface area contributed by atoms with Gasteiger partial charge < -0.3 is 15.4 Å². The van der Waals surface area contributed by atoms with Gasteiger partial charge in [0.1, 0.15) is 11.6 Å². The number of fused-ring (bicyclic) bond motifs is 1. The van der Waals surface area contributed by atoms with Crippen LogP contribution in [0.3, 0.4) is 0 Å². The lowest BCUT2D eigenvalue weighted by Gasteiger charge is -2.08. The number of ether oxygens (including phenoxy) is 1. The lowest BCUT2D eigenvalue weighted by atomic mass is 10.2. The van der Waals surface area contributed by atoms with Crippen LogP contribution in [0, 0.1) is 0 Å². The van der Waals surface area contributed by atoms with Gasteiger partial charge in [0.05, 0.1) is 11.3 Å². The van der Waals surface area contributed by atoms with E-state index in [1.807, 2.05) is 30.3 Å². The third-order valence-corrected chi connectivity index (χ3v) is 4.79. The number of benzene rings is 2. The normalized spacial score (nSPS) is 10.7. The molecule has 3 rings (SSSR count). The van der Waals surface area contributed by atoms with E-state index in [1.165, 1.54) is 11.5 Å². The third-order valence-electron chi connectivity index (χ3n) is 3.96. The van der Waals surface area contributed by atoms with Crippen molar-refractivity contribution in [2.45, 2.75) is 19.8 Å². The highest BCUT2D eigenvalue weighted by Crippen LogP contribution is 2.25. The molecule has 0 atom stereocenters. The molecule has 0 unspecified atom stereocenters. The molecule has 0 aliphatic heterocycles. The number of amides is 1. The molecular formula is C20H23N3O2S. The van der Waals surface area contributed by atoms with Gasteiger partial charge in [-0.3, -0.25) is 4.79 Å². The van der Waals surface area contributed by atoms with Crippen LogP contribution in [0.5, 0.6) is 5.75 Å². The van der Waals surface area contributed by atoms with E-state index in [2.05, 4.69) is 28.0 Å². The molecule has 0 fully saturated rings. The van der Waals surface area contributed by atoms with Crippen molar-refractivity contribution in [2.24, 2.45) is 0 Å². The van der Waals surface area contributed by atoms with E-state index in [9.17, 15) is 4.79 Å². The van der Waals surface area contributed by atoms with Crippen molar-refractivity contribution in [2.75, 3.05) is 25.0 Å². The average molecular weight is 369 g/mol. The summed E-state index contributed by atoms with van der Waals surface area (Å²) < 4.78 is 11.2. The molecule has 1 amide bonds. The number of aromatic nitrogens is 1. The Morgan fingerprint density at radius 3 is 2.73 bits per heavy atom. The van der Waals surface area contributed by atoms with Crippen molar-refractivity contribution < 1.29 is 9.53 Å². The molecule has 1 aromatic heterocycles. The van der Waals surface area contributed by atoms with Gasteiger partial charge in [0, 0.05) is 24.0 Å². The van der Waals surface area contributed by atoms with Crippen LogP contribution < -0.4 is 15.4 Å². The van der Waals surface area contributed by atoms with Crippen LogP contribution in [-0.2, 0) is 0 Å². The Hall–Kier alpha value is -2.60. The molecule has 0 saturated carbocycles. The molecule has 26 heavy (non-hydrogen) atoms. The molecule has 0 aliphatic carbocycles. The van der Waals surface area contributed by atoms with Gasteiger partial charge in [0.25, 0.3) is 5.91 Å². The Morgan fingerprint density at radius 2 is 1.92 bits per heavy atom. The molecular weight excluding hydrogens is 346 g/mol. The number of hydrogen-bond acceptors (Lipinski definition) is 5. The maximum Gasteiger partial charge on any atom is 0.251 e. The number of hydrogen-bond donors (Lipinski definition) is 2. The largest absolute Gasteiger partial charge is 0.494 e. The van der Waals surface area contributed by atoms with Crippen molar-refractivity contribution in [3.05, 3.63) is 54.1 Å². The van der Waals surface area contributed by atoms with E-state index >= 15 is 0 Å². The fourth-order valence-corrected chi connectivity index (χ4v) is 3.26. The Labute approximate surface area is 157 Å². The van der Waals surface area contributed by atoms with E-state index in [-0.39, 0.29) is 5.91 Å². The first-order valence-electron chi connectivity index (χ1n) is 8.87. The average Bonchev–Trinajstić information content (AvgIpc) is 3.09. The summed E-state index contributed by atoms with van der Waals surface area (Å²) in [5, 5.41) is 7.30. The van der Waals surface area contributed by atoms with Gasteiger partial charge in [0.15, 0.2) is 0 Å². The smallest absolute Gasteiger partial charge is 0.251 e. The van der Waals surface area contributed by atoms with Crippen molar-refractivity contribution in [3.8, 4) is 5.75 Å². The molecule has 2 N–H and O–H groups in total. The van der Waals surface area contributed by atoms with E-state index in [0.29, 0.717) is 25.3 Å². The first-order chi connectivity index (χ1) is 12.8. The van der Waals surface area contributed by atoms with Crippen molar-refractivity contribution in [1.82, 2.24) is 9.69 Å². The fraction of sp³-hybridized carbons (Fsp3) is 0.300. The summed E-state index contributed by atoms with van der Waals surface area (Å²) in [6.07, 6.45) is 2.13. The van der Waals surface area contributed by atoms with E-state index in [4.69, 9.17) is 4.74 Å². The highest BCUT2D eigenvalue weighted by molar-refractivity contribution is 7.13. The second-order valence-corrected chi connectivity index (χ2v) is 6.74.